The summed E-state index contributed by atoms with van der Waals surface area (Å²) in [6.07, 6.45) is 0. The van der Waals surface area contributed by atoms with E-state index in [1.165, 1.54) is 21.9 Å². The number of imide groups is 2. The Balaban J connectivity index is 1.35. The molecule has 2 aliphatic rings. The summed E-state index contributed by atoms with van der Waals surface area (Å²) in [5.41, 5.74) is 3.09. The number of nitriles is 2. The maximum absolute atomic E-state index is 14.0. The molecule has 0 fully saturated rings. The van der Waals surface area contributed by atoms with Gasteiger partial charge in [-0.25, -0.2) is 0 Å². The molecular weight excluding hydrogens is 600 g/mol. The standard InChI is InChI=1S/C40H20N4O4/c41-17-23-15-29-33-27(37(45)43(39(29)47)19-21-7-3-1-4-8-21)13-11-25-32-24(18-42)16-30-34-28(14-12-26(36(32)34)31(23)35(25)33)38(46)44(40(30)48)20-22-9-5-2-6-10-22/h1-16H,19-20H2. The highest BCUT2D eigenvalue weighted by molar-refractivity contribution is 6.42. The second-order valence-electron chi connectivity index (χ2n) is 12.1. The van der Waals surface area contributed by atoms with Gasteiger partial charge in [-0.1, -0.05) is 72.8 Å². The Morgan fingerprint density at radius 1 is 0.438 bits per heavy atom. The highest BCUT2D eigenvalue weighted by Crippen LogP contribution is 2.48. The molecule has 7 aromatic rings. The third-order valence-electron chi connectivity index (χ3n) is 9.61. The Bertz CT molecular complexity index is 2530. The van der Waals surface area contributed by atoms with Crippen molar-refractivity contribution in [3.8, 4) is 12.1 Å². The van der Waals surface area contributed by atoms with E-state index in [0.717, 1.165) is 11.1 Å². The smallest absolute Gasteiger partial charge is 0.261 e. The highest BCUT2D eigenvalue weighted by atomic mass is 16.2. The minimum atomic E-state index is -0.511. The van der Waals surface area contributed by atoms with Crippen molar-refractivity contribution < 1.29 is 19.2 Å². The Kier molecular flexibility index (Phi) is 5.60. The van der Waals surface area contributed by atoms with E-state index in [1.807, 2.05) is 60.7 Å². The Morgan fingerprint density at radius 3 is 1.19 bits per heavy atom. The van der Waals surface area contributed by atoms with Crippen molar-refractivity contribution in [1.29, 1.82) is 10.5 Å². The fourth-order valence-electron chi connectivity index (χ4n) is 7.56. The Morgan fingerprint density at radius 2 is 0.812 bits per heavy atom. The molecule has 8 heteroatoms. The van der Waals surface area contributed by atoms with Crippen molar-refractivity contribution >= 4 is 66.7 Å². The van der Waals surface area contributed by atoms with Crippen molar-refractivity contribution in [1.82, 2.24) is 9.80 Å². The van der Waals surface area contributed by atoms with Gasteiger partial charge in [0.25, 0.3) is 23.6 Å². The van der Waals surface area contributed by atoms with E-state index < -0.39 is 23.6 Å². The number of amides is 4. The molecule has 9 rings (SSSR count). The molecule has 8 nitrogen and oxygen atoms in total. The van der Waals surface area contributed by atoms with E-state index in [9.17, 15) is 29.7 Å². The molecule has 48 heavy (non-hydrogen) atoms. The third kappa shape index (κ3) is 3.51. The molecule has 2 aliphatic heterocycles. The number of hydrogen-bond acceptors (Lipinski definition) is 6. The van der Waals surface area contributed by atoms with Crippen LogP contribution >= 0.6 is 0 Å². The molecule has 0 N–H and O–H groups in total. The van der Waals surface area contributed by atoms with Gasteiger partial charge in [0.15, 0.2) is 0 Å². The number of fused-ring (bicyclic) bond motifs is 2. The molecule has 0 saturated heterocycles. The lowest BCUT2D eigenvalue weighted by molar-refractivity contribution is 0.0583. The van der Waals surface area contributed by atoms with Gasteiger partial charge >= 0.3 is 0 Å². The maximum Gasteiger partial charge on any atom is 0.261 e. The summed E-state index contributed by atoms with van der Waals surface area (Å²) in [5, 5.41) is 25.0. The molecule has 0 aromatic heterocycles. The summed E-state index contributed by atoms with van der Waals surface area (Å²) in [4.78, 5) is 58.3. The first-order valence-corrected chi connectivity index (χ1v) is 15.3. The van der Waals surface area contributed by atoms with Crippen LogP contribution in [0.25, 0.3) is 43.1 Å². The number of nitrogens with zero attached hydrogens (tertiary/aromatic N) is 4. The molecule has 0 unspecified atom stereocenters. The minimum Gasteiger partial charge on any atom is -0.270 e. The Hall–Kier alpha value is -6.90. The van der Waals surface area contributed by atoms with Gasteiger partial charge in [0.1, 0.15) is 0 Å². The van der Waals surface area contributed by atoms with Crippen molar-refractivity contribution in [2.45, 2.75) is 13.1 Å². The van der Waals surface area contributed by atoms with Gasteiger partial charge in [0.2, 0.25) is 0 Å². The fraction of sp³-hybridized carbons (Fsp3) is 0.0500. The SMILES string of the molecule is N#Cc1cc2c3c(ccc4c5c(C#N)cc6c7c(ccc(c1c34)c75)C(=O)N(Cc1ccccc1)C6=O)C(=O)N(Cc1ccccc1)C2=O. The van der Waals surface area contributed by atoms with Crippen LogP contribution in [0.3, 0.4) is 0 Å². The largest absolute Gasteiger partial charge is 0.270 e. The highest BCUT2D eigenvalue weighted by Gasteiger charge is 2.38. The van der Waals surface area contributed by atoms with Gasteiger partial charge in [-0.15, -0.1) is 0 Å². The second-order valence-corrected chi connectivity index (χ2v) is 12.1. The summed E-state index contributed by atoms with van der Waals surface area (Å²) in [5.74, 6) is -1.93. The van der Waals surface area contributed by atoms with E-state index in [2.05, 4.69) is 12.1 Å². The normalized spacial score (nSPS) is 14.0. The van der Waals surface area contributed by atoms with Crippen molar-refractivity contribution in [3.63, 3.8) is 0 Å². The zero-order valence-corrected chi connectivity index (χ0v) is 25.1. The first-order valence-electron chi connectivity index (χ1n) is 15.3. The maximum atomic E-state index is 14.0. The molecule has 0 radical (unpaired) electrons. The molecule has 0 spiro atoms. The molecule has 224 valence electrons. The summed E-state index contributed by atoms with van der Waals surface area (Å²) in [7, 11) is 0. The van der Waals surface area contributed by atoms with Gasteiger partial charge in [-0.2, -0.15) is 10.5 Å². The summed E-state index contributed by atoms with van der Waals surface area (Å²) in [6, 6.07) is 32.8. The summed E-state index contributed by atoms with van der Waals surface area (Å²) < 4.78 is 0. The van der Waals surface area contributed by atoms with E-state index in [4.69, 9.17) is 0 Å². The van der Waals surface area contributed by atoms with Crippen LogP contribution < -0.4 is 0 Å². The van der Waals surface area contributed by atoms with Crippen molar-refractivity contribution in [3.05, 3.63) is 142 Å². The molecular formula is C40H20N4O4. The van der Waals surface area contributed by atoms with Crippen LogP contribution in [0.1, 0.15) is 63.7 Å². The number of carbonyl (C=O) groups excluding carboxylic acids is 4. The van der Waals surface area contributed by atoms with E-state index in [1.54, 1.807) is 24.3 Å². The van der Waals surface area contributed by atoms with E-state index >= 15 is 0 Å². The Labute approximate surface area is 272 Å². The van der Waals surface area contributed by atoms with Crippen LogP contribution in [0.15, 0.2) is 97.1 Å². The lowest BCUT2D eigenvalue weighted by atomic mass is 9.79. The van der Waals surface area contributed by atoms with Crippen LogP contribution in [-0.4, -0.2) is 33.4 Å². The van der Waals surface area contributed by atoms with Gasteiger partial charge in [-0.05, 0) is 46.2 Å². The quantitative estimate of drug-likeness (QED) is 0.118. The molecule has 7 aromatic carbocycles. The first-order chi connectivity index (χ1) is 23.4. The second kappa shape index (κ2) is 9.80. The number of rotatable bonds is 4. The number of benzene rings is 7. The van der Waals surface area contributed by atoms with Gasteiger partial charge in [0, 0.05) is 43.4 Å². The van der Waals surface area contributed by atoms with Crippen molar-refractivity contribution in [2.24, 2.45) is 0 Å². The van der Waals surface area contributed by atoms with E-state index in [-0.39, 0.29) is 35.3 Å². The third-order valence-corrected chi connectivity index (χ3v) is 9.61. The predicted molar refractivity (Wildman–Crippen MR) is 178 cm³/mol. The van der Waals surface area contributed by atoms with Gasteiger partial charge < -0.3 is 0 Å². The van der Waals surface area contributed by atoms with Crippen LogP contribution in [0.2, 0.25) is 0 Å². The fourth-order valence-corrected chi connectivity index (χ4v) is 7.56. The lowest BCUT2D eigenvalue weighted by Crippen LogP contribution is -2.40. The van der Waals surface area contributed by atoms with Gasteiger partial charge in [-0.3, -0.25) is 29.0 Å². The average molecular weight is 621 g/mol. The average Bonchev–Trinajstić information content (AvgIpc) is 3.12. The van der Waals surface area contributed by atoms with E-state index in [0.29, 0.717) is 54.2 Å². The zero-order chi connectivity index (χ0) is 32.8. The molecule has 0 aliphatic carbocycles. The molecule has 0 saturated carbocycles. The monoisotopic (exact) mass is 620 g/mol. The lowest BCUT2D eigenvalue weighted by Gasteiger charge is -2.30. The first kappa shape index (κ1) is 27.4. The molecule has 2 heterocycles. The van der Waals surface area contributed by atoms with Crippen LogP contribution in [-0.2, 0) is 13.1 Å². The van der Waals surface area contributed by atoms with Crippen LogP contribution in [0.5, 0.6) is 0 Å². The molecule has 0 atom stereocenters. The molecule has 4 amide bonds. The summed E-state index contributed by atoms with van der Waals surface area (Å²) >= 11 is 0. The zero-order valence-electron chi connectivity index (χ0n) is 25.1. The topological polar surface area (TPSA) is 122 Å². The number of carbonyl (C=O) groups is 4. The minimum absolute atomic E-state index is 0.0699. The number of hydrogen-bond donors (Lipinski definition) is 0. The summed E-state index contributed by atoms with van der Waals surface area (Å²) in [6.45, 7) is 0.140. The van der Waals surface area contributed by atoms with Crippen molar-refractivity contribution in [2.75, 3.05) is 0 Å². The van der Waals surface area contributed by atoms with Crippen LogP contribution in [0.4, 0.5) is 0 Å². The predicted octanol–water partition coefficient (Wildman–Crippen LogP) is 7.07. The molecule has 0 bridgehead atoms. The van der Waals surface area contributed by atoms with Crippen LogP contribution in [0, 0.1) is 22.7 Å². The van der Waals surface area contributed by atoms with Gasteiger partial charge in [0.05, 0.1) is 47.5 Å².